The number of carbonyl (C=O) groups excluding carboxylic acids is 1. The topological polar surface area (TPSA) is 29.1 Å². The van der Waals surface area contributed by atoms with Crippen LogP contribution in [-0.2, 0) is 0 Å². The van der Waals surface area contributed by atoms with Crippen molar-refractivity contribution in [2.45, 2.75) is 13.0 Å². The molecule has 1 aromatic rings. The second kappa shape index (κ2) is 4.14. The summed E-state index contributed by atoms with van der Waals surface area (Å²) < 4.78 is 12.7. The fourth-order valence-corrected chi connectivity index (χ4v) is 1.02. The van der Waals surface area contributed by atoms with Gasteiger partial charge in [0.05, 0.1) is 6.04 Å². The van der Waals surface area contributed by atoms with Gasteiger partial charge in [-0.15, -0.1) is 0 Å². The van der Waals surface area contributed by atoms with Gasteiger partial charge in [0.15, 0.2) is 5.78 Å². The standard InChI is InChI=1S/C10H12FNO/c1-7(12-2)10(13)8-4-3-5-9(11)6-8/h3-7,12H,1-2H3. The summed E-state index contributed by atoms with van der Waals surface area (Å²) in [4.78, 5) is 11.5. The van der Waals surface area contributed by atoms with Gasteiger partial charge in [0, 0.05) is 5.56 Å². The first-order valence-corrected chi connectivity index (χ1v) is 4.12. The van der Waals surface area contributed by atoms with Gasteiger partial charge in [-0.3, -0.25) is 4.79 Å². The highest BCUT2D eigenvalue weighted by molar-refractivity contribution is 5.99. The van der Waals surface area contributed by atoms with Gasteiger partial charge >= 0.3 is 0 Å². The lowest BCUT2D eigenvalue weighted by molar-refractivity contribution is 0.0954. The fraction of sp³-hybridized carbons (Fsp3) is 0.300. The summed E-state index contributed by atoms with van der Waals surface area (Å²) in [5.74, 6) is -0.476. The average Bonchev–Trinajstić information content (AvgIpc) is 2.15. The molecule has 0 saturated carbocycles. The van der Waals surface area contributed by atoms with E-state index < -0.39 is 0 Å². The Labute approximate surface area is 76.8 Å². The van der Waals surface area contributed by atoms with E-state index in [2.05, 4.69) is 5.32 Å². The van der Waals surface area contributed by atoms with Gasteiger partial charge in [-0.2, -0.15) is 0 Å². The molecule has 0 saturated heterocycles. The molecule has 0 aromatic heterocycles. The zero-order valence-corrected chi connectivity index (χ0v) is 7.67. The van der Waals surface area contributed by atoms with Crippen molar-refractivity contribution >= 4 is 5.78 Å². The Hall–Kier alpha value is -1.22. The molecule has 0 bridgehead atoms. The summed E-state index contributed by atoms with van der Waals surface area (Å²) in [6.07, 6.45) is 0. The first-order chi connectivity index (χ1) is 6.15. The molecule has 13 heavy (non-hydrogen) atoms. The van der Waals surface area contributed by atoms with Crippen molar-refractivity contribution in [1.82, 2.24) is 5.32 Å². The number of rotatable bonds is 3. The van der Waals surface area contributed by atoms with Crippen molar-refractivity contribution in [2.75, 3.05) is 7.05 Å². The Morgan fingerprint density at radius 1 is 1.54 bits per heavy atom. The minimum atomic E-state index is -0.380. The maximum atomic E-state index is 12.7. The van der Waals surface area contributed by atoms with E-state index in [1.165, 1.54) is 18.2 Å². The van der Waals surface area contributed by atoms with Crippen LogP contribution in [0.25, 0.3) is 0 Å². The molecule has 1 aromatic carbocycles. The molecule has 2 nitrogen and oxygen atoms in total. The SMILES string of the molecule is CNC(C)C(=O)c1cccc(F)c1. The largest absolute Gasteiger partial charge is 0.310 e. The second-order valence-corrected chi connectivity index (χ2v) is 2.88. The summed E-state index contributed by atoms with van der Waals surface area (Å²) in [5.41, 5.74) is 0.404. The summed E-state index contributed by atoms with van der Waals surface area (Å²) in [6, 6.07) is 5.43. The summed E-state index contributed by atoms with van der Waals surface area (Å²) >= 11 is 0. The van der Waals surface area contributed by atoms with Crippen molar-refractivity contribution in [2.24, 2.45) is 0 Å². The maximum Gasteiger partial charge on any atom is 0.179 e. The lowest BCUT2D eigenvalue weighted by atomic mass is 10.1. The predicted molar refractivity (Wildman–Crippen MR) is 49.3 cm³/mol. The number of nitrogens with one attached hydrogen (secondary N) is 1. The lowest BCUT2D eigenvalue weighted by Gasteiger charge is -2.08. The molecule has 1 atom stereocenters. The molecule has 70 valence electrons. The number of hydrogen-bond donors (Lipinski definition) is 1. The molecular weight excluding hydrogens is 169 g/mol. The van der Waals surface area contributed by atoms with Gasteiger partial charge in [-0.05, 0) is 26.1 Å². The molecule has 0 radical (unpaired) electrons. The van der Waals surface area contributed by atoms with Crippen LogP contribution in [0.15, 0.2) is 24.3 Å². The van der Waals surface area contributed by atoms with Crippen LogP contribution < -0.4 is 5.32 Å². The molecule has 1 unspecified atom stereocenters. The molecule has 1 N–H and O–H groups in total. The number of benzene rings is 1. The van der Waals surface area contributed by atoms with E-state index in [4.69, 9.17) is 0 Å². The van der Waals surface area contributed by atoms with Crippen molar-refractivity contribution in [1.29, 1.82) is 0 Å². The third-order valence-electron chi connectivity index (χ3n) is 1.94. The number of ketones is 1. The molecule has 1 rings (SSSR count). The number of halogens is 1. The van der Waals surface area contributed by atoms with E-state index in [-0.39, 0.29) is 17.6 Å². The molecule has 0 spiro atoms. The van der Waals surface area contributed by atoms with E-state index in [9.17, 15) is 9.18 Å². The van der Waals surface area contributed by atoms with Crippen molar-refractivity contribution < 1.29 is 9.18 Å². The fourth-order valence-electron chi connectivity index (χ4n) is 1.02. The van der Waals surface area contributed by atoms with Crippen LogP contribution in [0, 0.1) is 5.82 Å². The number of hydrogen-bond acceptors (Lipinski definition) is 2. The molecule has 0 aliphatic rings. The molecule has 3 heteroatoms. The Balaban J connectivity index is 2.89. The predicted octanol–water partition coefficient (Wildman–Crippen LogP) is 1.62. The Kier molecular flexibility index (Phi) is 3.14. The van der Waals surface area contributed by atoms with E-state index >= 15 is 0 Å². The molecule has 0 aliphatic carbocycles. The minimum absolute atomic E-state index is 0.0954. The molecule has 0 aliphatic heterocycles. The highest BCUT2D eigenvalue weighted by atomic mass is 19.1. The van der Waals surface area contributed by atoms with Crippen LogP contribution in [-0.4, -0.2) is 18.9 Å². The summed E-state index contributed by atoms with van der Waals surface area (Å²) in [6.45, 7) is 1.74. The van der Waals surface area contributed by atoms with Gasteiger partial charge in [0.1, 0.15) is 5.82 Å². The molecule has 0 fully saturated rings. The monoisotopic (exact) mass is 181 g/mol. The lowest BCUT2D eigenvalue weighted by Crippen LogP contribution is -2.30. The van der Waals surface area contributed by atoms with Crippen LogP contribution in [0.5, 0.6) is 0 Å². The van der Waals surface area contributed by atoms with Gasteiger partial charge < -0.3 is 5.32 Å². The van der Waals surface area contributed by atoms with E-state index in [0.717, 1.165) is 0 Å². The van der Waals surface area contributed by atoms with Crippen LogP contribution in [0.3, 0.4) is 0 Å². The first-order valence-electron chi connectivity index (χ1n) is 4.12. The number of Topliss-reactive ketones (excluding diaryl/α,β-unsaturated/α-hetero) is 1. The number of likely N-dealkylation sites (N-methyl/N-ethyl adjacent to an activating group) is 1. The zero-order valence-electron chi connectivity index (χ0n) is 7.67. The third-order valence-corrected chi connectivity index (χ3v) is 1.94. The Morgan fingerprint density at radius 2 is 2.23 bits per heavy atom. The molecule has 0 amide bonds. The highest BCUT2D eigenvalue weighted by Crippen LogP contribution is 2.06. The third kappa shape index (κ3) is 2.36. The van der Waals surface area contributed by atoms with Crippen molar-refractivity contribution in [3.63, 3.8) is 0 Å². The average molecular weight is 181 g/mol. The first kappa shape index (κ1) is 9.86. The normalized spacial score (nSPS) is 12.5. The van der Waals surface area contributed by atoms with Crippen LogP contribution in [0.1, 0.15) is 17.3 Å². The maximum absolute atomic E-state index is 12.7. The van der Waals surface area contributed by atoms with Gasteiger partial charge in [0.25, 0.3) is 0 Å². The van der Waals surface area contributed by atoms with E-state index in [0.29, 0.717) is 5.56 Å². The summed E-state index contributed by atoms with van der Waals surface area (Å²) in [5, 5.41) is 2.81. The van der Waals surface area contributed by atoms with Crippen molar-refractivity contribution in [3.8, 4) is 0 Å². The van der Waals surface area contributed by atoms with E-state index in [1.807, 2.05) is 0 Å². The zero-order chi connectivity index (χ0) is 9.84. The smallest absolute Gasteiger partial charge is 0.179 e. The summed E-state index contributed by atoms with van der Waals surface area (Å²) in [7, 11) is 1.70. The van der Waals surface area contributed by atoms with Gasteiger partial charge in [-0.25, -0.2) is 4.39 Å². The molecule has 0 heterocycles. The minimum Gasteiger partial charge on any atom is -0.310 e. The second-order valence-electron chi connectivity index (χ2n) is 2.88. The van der Waals surface area contributed by atoms with Crippen LogP contribution in [0.2, 0.25) is 0 Å². The van der Waals surface area contributed by atoms with Crippen LogP contribution in [0.4, 0.5) is 4.39 Å². The quantitative estimate of drug-likeness (QED) is 0.718. The van der Waals surface area contributed by atoms with Crippen molar-refractivity contribution in [3.05, 3.63) is 35.6 Å². The highest BCUT2D eigenvalue weighted by Gasteiger charge is 2.12. The molecular formula is C10H12FNO. The Bertz CT molecular complexity index is 312. The van der Waals surface area contributed by atoms with Crippen LogP contribution >= 0.6 is 0 Å². The number of carbonyl (C=O) groups is 1. The van der Waals surface area contributed by atoms with E-state index in [1.54, 1.807) is 20.0 Å². The van der Waals surface area contributed by atoms with Gasteiger partial charge in [0.2, 0.25) is 0 Å². The Morgan fingerprint density at radius 3 is 2.77 bits per heavy atom. The van der Waals surface area contributed by atoms with Gasteiger partial charge in [-0.1, -0.05) is 12.1 Å².